The zero-order valence-electron chi connectivity index (χ0n) is 8.50. The fourth-order valence-corrected chi connectivity index (χ4v) is 0.321. The molecule has 5 heteroatoms. The van der Waals surface area contributed by atoms with Crippen LogP contribution in [0.1, 0.15) is 0 Å². The van der Waals surface area contributed by atoms with Gasteiger partial charge in [0.1, 0.15) is 0 Å². The first-order valence-corrected chi connectivity index (χ1v) is 8.04. The Morgan fingerprint density at radius 3 is 1.00 bits per heavy atom. The Balaban J connectivity index is -0.0000000445. The number of hydrogen-bond acceptors (Lipinski definition) is 3. The molecule has 13 heavy (non-hydrogen) atoms. The van der Waals surface area contributed by atoms with Gasteiger partial charge < -0.3 is 17.2 Å². The van der Waals surface area contributed by atoms with E-state index in [1.54, 1.807) is 0 Å². The molecule has 6 N–H and O–H groups in total. The molecule has 0 heterocycles. The predicted molar refractivity (Wildman–Crippen MR) is 58.8 cm³/mol. The van der Waals surface area contributed by atoms with E-state index >= 15 is 0 Å². The van der Waals surface area contributed by atoms with E-state index in [4.69, 9.17) is 8.58 Å². The third-order valence-corrected chi connectivity index (χ3v) is 0.556. The maximum atomic E-state index is 4.78. The quantitative estimate of drug-likeness (QED) is 0.549. The Bertz CT molecular complexity index is 77.5. The molecule has 0 aromatic carbocycles. The molecule has 0 bridgehead atoms. The first-order valence-electron chi connectivity index (χ1n) is 3.59. The summed E-state index contributed by atoms with van der Waals surface area (Å²) >= 11 is 0.778. The summed E-state index contributed by atoms with van der Waals surface area (Å²) in [6.45, 7) is 0. The van der Waals surface area contributed by atoms with Crippen LogP contribution in [0.15, 0.2) is 24.3 Å². The van der Waals surface area contributed by atoms with Crippen LogP contribution in [0.2, 0.25) is 0 Å². The molecule has 0 fully saturated rings. The maximum absolute atomic E-state index is 4.78. The summed E-state index contributed by atoms with van der Waals surface area (Å²) in [5.41, 5.74) is 13.5. The van der Waals surface area contributed by atoms with Crippen LogP contribution < -0.4 is 17.2 Å². The number of halogens is 1. The Morgan fingerprint density at radius 2 is 0.923 bits per heavy atom. The van der Waals surface area contributed by atoms with Gasteiger partial charge in [0.25, 0.3) is 0 Å². The molecule has 0 aromatic heterocycles. The molecule has 3 nitrogen and oxygen atoms in total. The molecular formula is C8H20ClHfN3. The van der Waals surface area contributed by atoms with Crippen molar-refractivity contribution in [2.45, 2.75) is 0 Å². The van der Waals surface area contributed by atoms with E-state index in [-0.39, 0.29) is 0 Å². The van der Waals surface area contributed by atoms with Crippen molar-refractivity contribution in [2.75, 3.05) is 21.1 Å². The zero-order valence-corrected chi connectivity index (χ0v) is 12.8. The Morgan fingerprint density at radius 1 is 0.692 bits per heavy atom. The molecule has 1 rings (SSSR count). The molecule has 0 unspecified atom stereocenters. The number of hydrogen-bond donors (Lipinski definition) is 3. The average Bonchev–Trinajstić information content (AvgIpc) is 2.87. The van der Waals surface area contributed by atoms with Gasteiger partial charge in [-0.2, -0.15) is 0 Å². The van der Waals surface area contributed by atoms with Crippen LogP contribution in [-0.2, 0) is 23.2 Å². The normalized spacial score (nSPS) is 8.46. The molecule has 1 aliphatic carbocycles. The third kappa shape index (κ3) is 45.5. The van der Waals surface area contributed by atoms with Gasteiger partial charge in [-0.25, -0.2) is 0 Å². The summed E-state index contributed by atoms with van der Waals surface area (Å²) in [7, 11) is 9.28. The average molecular weight is 372 g/mol. The van der Waals surface area contributed by atoms with Gasteiger partial charge in [-0.1, -0.05) is 24.3 Å². The minimum absolute atomic E-state index is 0.778. The van der Waals surface area contributed by atoms with Gasteiger partial charge in [-0.3, -0.25) is 0 Å². The zero-order chi connectivity index (χ0) is 11.5. The summed E-state index contributed by atoms with van der Waals surface area (Å²) < 4.78 is 0. The predicted octanol–water partition coefficient (Wildman–Crippen LogP) is 0.728. The van der Waals surface area contributed by atoms with Crippen molar-refractivity contribution in [3.05, 3.63) is 30.7 Å². The summed E-state index contributed by atoms with van der Waals surface area (Å²) in [4.78, 5) is 0. The second-order valence-electron chi connectivity index (χ2n) is 0.962. The fraction of sp³-hybridized carbons (Fsp3) is 0.375. The van der Waals surface area contributed by atoms with Gasteiger partial charge in [0.15, 0.2) is 0 Å². The van der Waals surface area contributed by atoms with Crippen molar-refractivity contribution in [1.82, 2.24) is 0 Å². The first kappa shape index (κ1) is 23.4. The summed E-state index contributed by atoms with van der Waals surface area (Å²) in [6.07, 6.45) is 10.0. The Kier molecular flexibility index (Phi) is 98.1. The second-order valence-corrected chi connectivity index (χ2v) is 0.962. The van der Waals surface area contributed by atoms with E-state index in [1.165, 1.54) is 21.1 Å². The van der Waals surface area contributed by atoms with Crippen molar-refractivity contribution in [3.8, 4) is 0 Å². The van der Waals surface area contributed by atoms with Crippen molar-refractivity contribution in [2.24, 2.45) is 17.2 Å². The second kappa shape index (κ2) is 54.5. The van der Waals surface area contributed by atoms with E-state index in [1.807, 2.05) is 30.7 Å². The van der Waals surface area contributed by atoms with Crippen LogP contribution in [-0.4, -0.2) is 21.1 Å². The van der Waals surface area contributed by atoms with Gasteiger partial charge >= 0.3 is 31.8 Å². The topological polar surface area (TPSA) is 78.1 Å². The van der Waals surface area contributed by atoms with Crippen LogP contribution in [0.4, 0.5) is 0 Å². The van der Waals surface area contributed by atoms with Gasteiger partial charge in [-0.05, 0) is 21.1 Å². The van der Waals surface area contributed by atoms with Crippen molar-refractivity contribution >= 4 is 8.58 Å². The van der Waals surface area contributed by atoms with Gasteiger partial charge in [0.05, 0.1) is 0 Å². The van der Waals surface area contributed by atoms with Gasteiger partial charge in [0, 0.05) is 6.42 Å². The fourth-order valence-electron chi connectivity index (χ4n) is 0.321. The molecule has 0 atom stereocenters. The molecule has 0 amide bonds. The first-order chi connectivity index (χ1) is 6.50. The minimum atomic E-state index is 0.778. The molecule has 0 saturated heterocycles. The van der Waals surface area contributed by atoms with Crippen molar-refractivity contribution in [1.29, 1.82) is 0 Å². The molecule has 78 valence electrons. The van der Waals surface area contributed by atoms with Crippen LogP contribution in [0.3, 0.4) is 0 Å². The summed E-state index contributed by atoms with van der Waals surface area (Å²) in [5, 5.41) is 0. The van der Waals surface area contributed by atoms with E-state index in [9.17, 15) is 0 Å². The number of allylic oxidation sites excluding steroid dienone is 4. The Labute approximate surface area is 101 Å². The summed E-state index contributed by atoms with van der Waals surface area (Å²) in [6, 6.07) is 0. The van der Waals surface area contributed by atoms with E-state index in [0.717, 1.165) is 23.2 Å². The van der Waals surface area contributed by atoms with E-state index < -0.39 is 0 Å². The van der Waals surface area contributed by atoms with Crippen molar-refractivity contribution in [3.63, 3.8) is 0 Å². The molecule has 0 aliphatic heterocycles. The molecule has 0 saturated carbocycles. The monoisotopic (exact) mass is 373 g/mol. The van der Waals surface area contributed by atoms with Crippen LogP contribution in [0.25, 0.3) is 0 Å². The molecule has 1 radical (unpaired) electrons. The van der Waals surface area contributed by atoms with Crippen molar-refractivity contribution < 1.29 is 23.2 Å². The van der Waals surface area contributed by atoms with Crippen LogP contribution in [0, 0.1) is 6.42 Å². The van der Waals surface area contributed by atoms with Crippen LogP contribution in [0.5, 0.6) is 0 Å². The van der Waals surface area contributed by atoms with Crippen LogP contribution >= 0.6 is 8.58 Å². The Hall–Kier alpha value is 0.520. The van der Waals surface area contributed by atoms with Gasteiger partial charge in [0.2, 0.25) is 0 Å². The molecule has 1 aliphatic rings. The van der Waals surface area contributed by atoms with E-state index in [0.29, 0.717) is 0 Å². The number of nitrogens with two attached hydrogens (primary N) is 3. The number of rotatable bonds is 0. The van der Waals surface area contributed by atoms with E-state index in [2.05, 4.69) is 17.2 Å². The standard InChI is InChI=1S/C5H5.3CH5N.ClH.Hf/c1-2-4-5-3-1;3*1-2;;/h1-5H;3*2H2,1H3;1H;/q;;;;;+1/p-1. The molecular weight excluding hydrogens is 352 g/mol. The third-order valence-electron chi connectivity index (χ3n) is 0.556. The van der Waals surface area contributed by atoms with Gasteiger partial charge in [-0.15, -0.1) is 0 Å². The molecule has 0 aromatic rings. The summed E-state index contributed by atoms with van der Waals surface area (Å²) in [5.74, 6) is 0. The molecule has 0 spiro atoms. The SMILES string of the molecule is CN.CN.CN.[CH]1C=CC=C1.[Cl][Hf].